The van der Waals surface area contributed by atoms with Gasteiger partial charge in [-0.15, -0.1) is 0 Å². The molecule has 19 heavy (non-hydrogen) atoms. The van der Waals surface area contributed by atoms with Gasteiger partial charge in [0.05, 0.1) is 19.1 Å². The van der Waals surface area contributed by atoms with Crippen molar-refractivity contribution in [2.45, 2.75) is 38.0 Å². The standard InChI is InChI=1S/C13H22FNO4/c14-10-7-15(8-13(9-16)3-4-13)5-1-11(10)19-6-2-12(17)18/h10-11,16H,1-9H2,(H,17,18)/t10-,11+/m1/s1. The number of halogens is 1. The van der Waals surface area contributed by atoms with E-state index in [-0.39, 0.29) is 25.0 Å². The number of nitrogens with zero attached hydrogens (tertiary/aromatic N) is 1. The van der Waals surface area contributed by atoms with Crippen molar-refractivity contribution in [2.75, 3.05) is 32.8 Å². The quantitative estimate of drug-likeness (QED) is 0.714. The minimum absolute atomic E-state index is 0.0106. The Balaban J connectivity index is 1.70. The second-order valence-corrected chi connectivity index (χ2v) is 5.75. The first-order chi connectivity index (χ1) is 9.04. The van der Waals surface area contributed by atoms with Crippen molar-refractivity contribution in [2.24, 2.45) is 5.41 Å². The van der Waals surface area contributed by atoms with Gasteiger partial charge in [-0.25, -0.2) is 4.39 Å². The molecule has 2 fully saturated rings. The summed E-state index contributed by atoms with van der Waals surface area (Å²) in [4.78, 5) is 12.4. The molecule has 1 heterocycles. The van der Waals surface area contributed by atoms with Gasteiger partial charge in [-0.05, 0) is 19.3 Å². The number of alkyl halides is 1. The zero-order chi connectivity index (χ0) is 13.9. The van der Waals surface area contributed by atoms with Gasteiger partial charge in [0.15, 0.2) is 0 Å². The molecule has 0 aromatic carbocycles. The predicted molar refractivity (Wildman–Crippen MR) is 66.7 cm³/mol. The number of aliphatic hydroxyl groups excluding tert-OH is 1. The molecular formula is C13H22FNO4. The van der Waals surface area contributed by atoms with E-state index in [0.29, 0.717) is 13.0 Å². The van der Waals surface area contributed by atoms with Gasteiger partial charge in [0, 0.05) is 31.7 Å². The second kappa shape index (κ2) is 6.15. The minimum Gasteiger partial charge on any atom is -0.481 e. The number of likely N-dealkylation sites (tertiary alicyclic amines) is 1. The van der Waals surface area contributed by atoms with Gasteiger partial charge in [0.2, 0.25) is 0 Å². The molecule has 1 saturated heterocycles. The van der Waals surface area contributed by atoms with Crippen LogP contribution >= 0.6 is 0 Å². The van der Waals surface area contributed by atoms with Crippen LogP contribution in [0.5, 0.6) is 0 Å². The monoisotopic (exact) mass is 275 g/mol. The molecule has 0 radical (unpaired) electrons. The summed E-state index contributed by atoms with van der Waals surface area (Å²) >= 11 is 0. The SMILES string of the molecule is O=C(O)CCO[C@H]1CCN(CC2(CO)CC2)C[C@H]1F. The van der Waals surface area contributed by atoms with E-state index in [1.54, 1.807) is 0 Å². The number of hydrogen-bond acceptors (Lipinski definition) is 4. The molecular weight excluding hydrogens is 253 g/mol. The van der Waals surface area contributed by atoms with Crippen molar-refractivity contribution in [1.82, 2.24) is 4.90 Å². The highest BCUT2D eigenvalue weighted by molar-refractivity contribution is 5.66. The van der Waals surface area contributed by atoms with Crippen LogP contribution in [-0.2, 0) is 9.53 Å². The van der Waals surface area contributed by atoms with Crippen molar-refractivity contribution in [3.8, 4) is 0 Å². The van der Waals surface area contributed by atoms with Gasteiger partial charge < -0.3 is 14.9 Å². The summed E-state index contributed by atoms with van der Waals surface area (Å²) in [7, 11) is 0. The Labute approximate surface area is 112 Å². The van der Waals surface area contributed by atoms with Gasteiger partial charge in [-0.3, -0.25) is 9.69 Å². The van der Waals surface area contributed by atoms with Gasteiger partial charge in [0.1, 0.15) is 6.17 Å². The van der Waals surface area contributed by atoms with Crippen molar-refractivity contribution in [3.05, 3.63) is 0 Å². The molecule has 6 heteroatoms. The zero-order valence-corrected chi connectivity index (χ0v) is 11.1. The van der Waals surface area contributed by atoms with Crippen LogP contribution in [-0.4, -0.2) is 66.2 Å². The first kappa shape index (κ1) is 14.7. The van der Waals surface area contributed by atoms with Crippen LogP contribution in [0.2, 0.25) is 0 Å². The molecule has 0 aromatic rings. The molecule has 2 atom stereocenters. The lowest BCUT2D eigenvalue weighted by Gasteiger charge is -2.36. The van der Waals surface area contributed by atoms with E-state index in [0.717, 1.165) is 25.9 Å². The number of rotatable bonds is 7. The fraction of sp³-hybridized carbons (Fsp3) is 0.923. The maximum atomic E-state index is 13.9. The second-order valence-electron chi connectivity index (χ2n) is 5.75. The van der Waals surface area contributed by atoms with Crippen LogP contribution in [0.4, 0.5) is 4.39 Å². The Kier molecular flexibility index (Phi) is 4.76. The number of piperidine rings is 1. The van der Waals surface area contributed by atoms with E-state index in [9.17, 15) is 14.3 Å². The third-order valence-electron chi connectivity index (χ3n) is 4.07. The first-order valence-electron chi connectivity index (χ1n) is 6.85. The predicted octanol–water partition coefficient (Wildman–Crippen LogP) is 0.663. The van der Waals surface area contributed by atoms with Crippen molar-refractivity contribution < 1.29 is 24.1 Å². The molecule has 2 rings (SSSR count). The Morgan fingerprint density at radius 1 is 1.47 bits per heavy atom. The lowest BCUT2D eigenvalue weighted by Crippen LogP contribution is -2.48. The number of hydrogen-bond donors (Lipinski definition) is 2. The van der Waals surface area contributed by atoms with Crippen molar-refractivity contribution >= 4 is 5.97 Å². The molecule has 1 aliphatic heterocycles. The first-order valence-corrected chi connectivity index (χ1v) is 6.85. The van der Waals surface area contributed by atoms with Crippen LogP contribution in [0.1, 0.15) is 25.7 Å². The van der Waals surface area contributed by atoms with Gasteiger partial charge in [-0.1, -0.05) is 0 Å². The van der Waals surface area contributed by atoms with E-state index in [1.807, 2.05) is 4.90 Å². The highest BCUT2D eigenvalue weighted by Crippen LogP contribution is 2.46. The molecule has 1 saturated carbocycles. The number of carbonyl (C=O) groups is 1. The highest BCUT2D eigenvalue weighted by Gasteiger charge is 2.44. The maximum Gasteiger partial charge on any atom is 0.305 e. The minimum atomic E-state index is -1.07. The summed E-state index contributed by atoms with van der Waals surface area (Å²) in [5.74, 6) is -0.925. The van der Waals surface area contributed by atoms with Crippen molar-refractivity contribution in [1.29, 1.82) is 0 Å². The Morgan fingerprint density at radius 2 is 2.21 bits per heavy atom. The summed E-state index contributed by atoms with van der Waals surface area (Å²) in [6, 6.07) is 0. The smallest absolute Gasteiger partial charge is 0.305 e. The number of carboxylic acid groups (broad SMARTS) is 1. The molecule has 2 aliphatic rings. The summed E-state index contributed by atoms with van der Waals surface area (Å²) in [6.45, 7) is 2.07. The fourth-order valence-corrected chi connectivity index (χ4v) is 2.59. The molecule has 0 aromatic heterocycles. The lowest BCUT2D eigenvalue weighted by molar-refractivity contribution is -0.139. The Morgan fingerprint density at radius 3 is 2.74 bits per heavy atom. The summed E-state index contributed by atoms with van der Waals surface area (Å²) in [5.41, 5.74) is 0.0106. The Hall–Kier alpha value is -0.720. The van der Waals surface area contributed by atoms with Gasteiger partial charge >= 0.3 is 5.97 Å². The topological polar surface area (TPSA) is 70.0 Å². The molecule has 1 aliphatic carbocycles. The van der Waals surface area contributed by atoms with E-state index in [4.69, 9.17) is 9.84 Å². The highest BCUT2D eigenvalue weighted by atomic mass is 19.1. The fourth-order valence-electron chi connectivity index (χ4n) is 2.59. The van der Waals surface area contributed by atoms with Crippen LogP contribution in [0.25, 0.3) is 0 Å². The Bertz CT molecular complexity index is 322. The molecule has 0 spiro atoms. The number of aliphatic carboxylic acids is 1. The summed E-state index contributed by atoms with van der Waals surface area (Å²) in [6.07, 6.45) is 0.991. The van der Waals surface area contributed by atoms with Crippen LogP contribution in [0, 0.1) is 5.41 Å². The van der Waals surface area contributed by atoms with E-state index < -0.39 is 18.2 Å². The summed E-state index contributed by atoms with van der Waals surface area (Å²) in [5, 5.41) is 17.8. The molecule has 2 N–H and O–H groups in total. The van der Waals surface area contributed by atoms with E-state index in [1.165, 1.54) is 0 Å². The number of ether oxygens (including phenoxy) is 1. The third kappa shape index (κ3) is 4.12. The largest absolute Gasteiger partial charge is 0.481 e. The van der Waals surface area contributed by atoms with Crippen LogP contribution < -0.4 is 0 Å². The molecule has 0 amide bonds. The zero-order valence-electron chi connectivity index (χ0n) is 11.1. The van der Waals surface area contributed by atoms with E-state index in [2.05, 4.69) is 0 Å². The van der Waals surface area contributed by atoms with Crippen molar-refractivity contribution in [3.63, 3.8) is 0 Å². The van der Waals surface area contributed by atoms with Gasteiger partial charge in [0.25, 0.3) is 0 Å². The molecule has 110 valence electrons. The average Bonchev–Trinajstić information content (AvgIpc) is 3.12. The normalized spacial score (nSPS) is 30.2. The van der Waals surface area contributed by atoms with Gasteiger partial charge in [-0.2, -0.15) is 0 Å². The van der Waals surface area contributed by atoms with E-state index >= 15 is 0 Å². The number of aliphatic hydroxyl groups is 1. The maximum absolute atomic E-state index is 13.9. The molecule has 0 unspecified atom stereocenters. The molecule has 0 bridgehead atoms. The van der Waals surface area contributed by atoms with Crippen LogP contribution in [0.15, 0.2) is 0 Å². The van der Waals surface area contributed by atoms with Crippen LogP contribution in [0.3, 0.4) is 0 Å². The summed E-state index contributed by atoms with van der Waals surface area (Å²) < 4.78 is 19.2. The third-order valence-corrected chi connectivity index (χ3v) is 4.07. The number of carboxylic acids is 1. The lowest BCUT2D eigenvalue weighted by atomic mass is 10.0. The average molecular weight is 275 g/mol. The molecule has 5 nitrogen and oxygen atoms in total.